The van der Waals surface area contributed by atoms with Crippen LogP contribution in [0.3, 0.4) is 0 Å². The highest BCUT2D eigenvalue weighted by Crippen LogP contribution is 2.28. The predicted octanol–water partition coefficient (Wildman–Crippen LogP) is 3.65. The van der Waals surface area contributed by atoms with Gasteiger partial charge >= 0.3 is 5.97 Å². The molecule has 2 heterocycles. The zero-order valence-electron chi connectivity index (χ0n) is 12.9. The van der Waals surface area contributed by atoms with E-state index >= 15 is 0 Å². The van der Waals surface area contributed by atoms with Crippen LogP contribution in [0.15, 0.2) is 18.3 Å². The lowest BCUT2D eigenvalue weighted by Gasteiger charge is -2.37. The van der Waals surface area contributed by atoms with E-state index in [2.05, 4.69) is 23.7 Å². The fraction of sp³-hybridized carbons (Fsp3) is 0.529. The molecule has 1 saturated heterocycles. The Morgan fingerprint density at radius 3 is 3.00 bits per heavy atom. The lowest BCUT2D eigenvalue weighted by Crippen LogP contribution is -2.40. The van der Waals surface area contributed by atoms with Gasteiger partial charge in [-0.1, -0.05) is 13.3 Å². The molecule has 1 N–H and O–H groups in total. The largest absolute Gasteiger partial charge is 0.478 e. The lowest BCUT2D eigenvalue weighted by molar-refractivity contribution is -0.131. The first-order chi connectivity index (χ1) is 10.1. The second-order valence-electron chi connectivity index (χ2n) is 5.71. The number of piperidine rings is 1. The highest BCUT2D eigenvalue weighted by molar-refractivity contribution is 5.85. The Kier molecular flexibility index (Phi) is 5.37. The first-order valence-electron chi connectivity index (χ1n) is 7.76. The van der Waals surface area contributed by atoms with Gasteiger partial charge in [0.15, 0.2) is 0 Å². The lowest BCUT2D eigenvalue weighted by atomic mass is 9.97. The number of carboxylic acids is 1. The minimum Gasteiger partial charge on any atom is -0.478 e. The average molecular weight is 288 g/mol. The molecule has 2 rings (SSSR count). The molecular formula is C17H24N2O2. The molecule has 0 spiro atoms. The van der Waals surface area contributed by atoms with Gasteiger partial charge < -0.3 is 10.0 Å². The summed E-state index contributed by atoms with van der Waals surface area (Å²) in [6.45, 7) is 5.35. The van der Waals surface area contributed by atoms with E-state index in [0.29, 0.717) is 6.04 Å². The molecule has 1 aliphatic heterocycles. The molecule has 0 amide bonds. The number of carbonyl (C=O) groups is 1. The summed E-state index contributed by atoms with van der Waals surface area (Å²) in [6.07, 6.45) is 10.7. The van der Waals surface area contributed by atoms with Gasteiger partial charge in [0, 0.05) is 24.9 Å². The normalized spacial score (nSPS) is 19.1. The van der Waals surface area contributed by atoms with Gasteiger partial charge in [-0.2, -0.15) is 0 Å². The van der Waals surface area contributed by atoms with Gasteiger partial charge in [-0.25, -0.2) is 9.78 Å². The Labute approximate surface area is 126 Å². The van der Waals surface area contributed by atoms with Gasteiger partial charge in [0.1, 0.15) is 5.82 Å². The molecule has 1 aromatic rings. The van der Waals surface area contributed by atoms with Crippen LogP contribution in [-0.4, -0.2) is 28.6 Å². The van der Waals surface area contributed by atoms with E-state index in [1.54, 1.807) is 12.3 Å². The maximum Gasteiger partial charge on any atom is 0.328 e. The van der Waals surface area contributed by atoms with Crippen LogP contribution >= 0.6 is 0 Å². The standard InChI is InChI=1S/C17H24N2O2/c1-3-6-15-7-4-5-10-19(15)17-13(2)11-14(12-18-17)8-9-16(20)21/h8-9,11-12,15H,3-7,10H2,1-2H3,(H,20,21)/b9-8+. The first kappa shape index (κ1) is 15.5. The summed E-state index contributed by atoms with van der Waals surface area (Å²) in [7, 11) is 0. The topological polar surface area (TPSA) is 53.4 Å². The van der Waals surface area contributed by atoms with Crippen LogP contribution in [0.4, 0.5) is 5.82 Å². The van der Waals surface area contributed by atoms with Crippen molar-refractivity contribution < 1.29 is 9.90 Å². The van der Waals surface area contributed by atoms with Gasteiger partial charge in [0.2, 0.25) is 0 Å². The van der Waals surface area contributed by atoms with Crippen molar-refractivity contribution in [2.24, 2.45) is 0 Å². The Bertz CT molecular complexity index is 524. The number of aryl methyl sites for hydroxylation is 1. The first-order valence-corrected chi connectivity index (χ1v) is 7.76. The third-order valence-corrected chi connectivity index (χ3v) is 4.01. The molecule has 0 radical (unpaired) electrons. The van der Waals surface area contributed by atoms with Crippen molar-refractivity contribution in [3.63, 3.8) is 0 Å². The second-order valence-corrected chi connectivity index (χ2v) is 5.71. The molecule has 21 heavy (non-hydrogen) atoms. The summed E-state index contributed by atoms with van der Waals surface area (Å²) in [4.78, 5) is 17.6. The summed E-state index contributed by atoms with van der Waals surface area (Å²) in [5, 5.41) is 8.68. The van der Waals surface area contributed by atoms with E-state index < -0.39 is 5.97 Å². The van der Waals surface area contributed by atoms with Gasteiger partial charge in [0.25, 0.3) is 0 Å². The van der Waals surface area contributed by atoms with Gasteiger partial charge in [-0.3, -0.25) is 0 Å². The number of nitrogens with zero attached hydrogens (tertiary/aromatic N) is 2. The van der Waals surface area contributed by atoms with Crippen LogP contribution in [0.2, 0.25) is 0 Å². The Hall–Kier alpha value is -1.84. The van der Waals surface area contributed by atoms with Crippen molar-refractivity contribution in [1.82, 2.24) is 4.98 Å². The van der Waals surface area contributed by atoms with E-state index in [1.807, 2.05) is 6.07 Å². The highest BCUT2D eigenvalue weighted by atomic mass is 16.4. The van der Waals surface area contributed by atoms with E-state index in [9.17, 15) is 4.79 Å². The molecule has 0 saturated carbocycles. The average Bonchev–Trinajstić information content (AvgIpc) is 2.46. The minimum absolute atomic E-state index is 0.593. The smallest absolute Gasteiger partial charge is 0.328 e. The van der Waals surface area contributed by atoms with Crippen LogP contribution in [0.5, 0.6) is 0 Å². The third kappa shape index (κ3) is 4.06. The van der Waals surface area contributed by atoms with E-state index in [4.69, 9.17) is 5.11 Å². The number of hydrogen-bond acceptors (Lipinski definition) is 3. The van der Waals surface area contributed by atoms with Crippen LogP contribution in [-0.2, 0) is 4.79 Å². The highest BCUT2D eigenvalue weighted by Gasteiger charge is 2.23. The molecule has 1 aliphatic rings. The quantitative estimate of drug-likeness (QED) is 0.840. The monoisotopic (exact) mass is 288 g/mol. The fourth-order valence-corrected chi connectivity index (χ4v) is 3.06. The molecular weight excluding hydrogens is 264 g/mol. The number of anilines is 1. The number of aliphatic carboxylic acids is 1. The van der Waals surface area contributed by atoms with Crippen LogP contribution in [0, 0.1) is 6.92 Å². The van der Waals surface area contributed by atoms with Gasteiger partial charge in [-0.05, 0) is 55.9 Å². The molecule has 1 unspecified atom stereocenters. The van der Waals surface area contributed by atoms with Gasteiger partial charge in [-0.15, -0.1) is 0 Å². The molecule has 4 nitrogen and oxygen atoms in total. The number of pyridine rings is 1. The second kappa shape index (κ2) is 7.25. The zero-order valence-corrected chi connectivity index (χ0v) is 12.9. The maximum absolute atomic E-state index is 10.6. The Balaban J connectivity index is 2.20. The molecule has 114 valence electrons. The van der Waals surface area contributed by atoms with Gasteiger partial charge in [0.05, 0.1) is 0 Å². The summed E-state index contributed by atoms with van der Waals surface area (Å²) >= 11 is 0. The number of carboxylic acid groups (broad SMARTS) is 1. The molecule has 0 aromatic carbocycles. The molecule has 0 bridgehead atoms. The zero-order chi connectivity index (χ0) is 15.2. The molecule has 4 heteroatoms. The predicted molar refractivity (Wildman–Crippen MR) is 85.5 cm³/mol. The van der Waals surface area contributed by atoms with Crippen molar-refractivity contribution in [2.45, 2.75) is 52.0 Å². The Morgan fingerprint density at radius 1 is 1.52 bits per heavy atom. The SMILES string of the molecule is CCCC1CCCCN1c1ncc(/C=C/C(=O)O)cc1C. The summed E-state index contributed by atoms with van der Waals surface area (Å²) < 4.78 is 0. The van der Waals surface area contributed by atoms with Crippen molar-refractivity contribution in [2.75, 3.05) is 11.4 Å². The number of hydrogen-bond donors (Lipinski definition) is 1. The van der Waals surface area contributed by atoms with Crippen molar-refractivity contribution in [3.05, 3.63) is 29.5 Å². The number of aromatic nitrogens is 1. The molecule has 0 aliphatic carbocycles. The molecule has 1 aromatic heterocycles. The number of rotatable bonds is 5. The third-order valence-electron chi connectivity index (χ3n) is 4.01. The van der Waals surface area contributed by atoms with Crippen molar-refractivity contribution >= 4 is 17.9 Å². The van der Waals surface area contributed by atoms with Crippen LogP contribution in [0.25, 0.3) is 6.08 Å². The van der Waals surface area contributed by atoms with Crippen LogP contribution < -0.4 is 4.90 Å². The van der Waals surface area contributed by atoms with E-state index in [-0.39, 0.29) is 0 Å². The van der Waals surface area contributed by atoms with E-state index in [1.165, 1.54) is 32.1 Å². The van der Waals surface area contributed by atoms with Crippen molar-refractivity contribution in [3.8, 4) is 0 Å². The minimum atomic E-state index is -0.934. The maximum atomic E-state index is 10.6. The molecule has 1 atom stereocenters. The summed E-state index contributed by atoms with van der Waals surface area (Å²) in [6, 6.07) is 2.61. The van der Waals surface area contributed by atoms with Crippen molar-refractivity contribution in [1.29, 1.82) is 0 Å². The molecule has 1 fully saturated rings. The Morgan fingerprint density at radius 2 is 2.33 bits per heavy atom. The summed E-state index contributed by atoms with van der Waals surface area (Å²) in [5.74, 6) is 0.122. The van der Waals surface area contributed by atoms with Crippen LogP contribution in [0.1, 0.15) is 50.2 Å². The fourth-order valence-electron chi connectivity index (χ4n) is 3.06. The summed E-state index contributed by atoms with van der Waals surface area (Å²) in [5.41, 5.74) is 1.95. The van der Waals surface area contributed by atoms with E-state index in [0.717, 1.165) is 29.6 Å².